The van der Waals surface area contributed by atoms with Gasteiger partial charge in [0.2, 0.25) is 10.0 Å². The Bertz CT molecular complexity index is 879. The van der Waals surface area contributed by atoms with Crippen molar-refractivity contribution in [1.82, 2.24) is 4.72 Å². The van der Waals surface area contributed by atoms with Crippen molar-refractivity contribution in [2.75, 3.05) is 0 Å². The Morgan fingerprint density at radius 3 is 2.65 bits per heavy atom. The number of carbonyl (C=O) groups is 1. The minimum atomic E-state index is -3.95. The van der Waals surface area contributed by atoms with Crippen LogP contribution >= 0.6 is 0 Å². The number of furan rings is 1. The SMILES string of the molecule is CC(C)(NS(=O)(=O)c1ccc2c3c(oc2c1)CCCC3)C(=O)O. The fraction of sp³-hybridized carbons (Fsp3) is 0.438. The summed E-state index contributed by atoms with van der Waals surface area (Å²) in [4.78, 5) is 11.1. The van der Waals surface area contributed by atoms with Crippen molar-refractivity contribution < 1.29 is 22.7 Å². The van der Waals surface area contributed by atoms with E-state index in [4.69, 9.17) is 9.52 Å². The van der Waals surface area contributed by atoms with Crippen LogP contribution in [0.2, 0.25) is 0 Å². The fourth-order valence-electron chi connectivity index (χ4n) is 2.85. The van der Waals surface area contributed by atoms with Gasteiger partial charge in [0, 0.05) is 23.4 Å². The molecule has 0 amide bonds. The molecule has 124 valence electrons. The lowest BCUT2D eigenvalue weighted by atomic mass is 9.96. The van der Waals surface area contributed by atoms with E-state index in [0.29, 0.717) is 5.58 Å². The molecule has 2 N–H and O–H groups in total. The maximum atomic E-state index is 12.4. The van der Waals surface area contributed by atoms with Gasteiger partial charge in [-0.15, -0.1) is 0 Å². The van der Waals surface area contributed by atoms with Gasteiger partial charge in [0.15, 0.2) is 0 Å². The quantitative estimate of drug-likeness (QED) is 0.893. The Morgan fingerprint density at radius 2 is 1.96 bits per heavy atom. The lowest BCUT2D eigenvalue weighted by molar-refractivity contribution is -0.142. The molecule has 0 unspecified atom stereocenters. The molecular weight excluding hydrogens is 318 g/mol. The van der Waals surface area contributed by atoms with Crippen LogP contribution < -0.4 is 4.72 Å². The van der Waals surface area contributed by atoms with Gasteiger partial charge in [-0.3, -0.25) is 4.79 Å². The van der Waals surface area contributed by atoms with Crippen LogP contribution in [-0.2, 0) is 27.7 Å². The Hall–Kier alpha value is -1.86. The number of aliphatic carboxylic acids is 1. The third-order valence-electron chi connectivity index (χ3n) is 4.16. The molecule has 7 heteroatoms. The molecule has 0 radical (unpaired) electrons. The molecule has 0 saturated carbocycles. The number of hydrogen-bond acceptors (Lipinski definition) is 4. The smallest absolute Gasteiger partial charge is 0.324 e. The molecule has 1 aliphatic carbocycles. The number of nitrogens with one attached hydrogen (secondary N) is 1. The summed E-state index contributed by atoms with van der Waals surface area (Å²) in [7, 11) is -3.95. The molecule has 1 aromatic carbocycles. The van der Waals surface area contributed by atoms with Gasteiger partial charge in [-0.2, -0.15) is 4.72 Å². The molecule has 6 nitrogen and oxygen atoms in total. The second kappa shape index (κ2) is 5.35. The van der Waals surface area contributed by atoms with Gasteiger partial charge in [0.05, 0.1) is 4.90 Å². The van der Waals surface area contributed by atoms with Crippen LogP contribution in [0.1, 0.15) is 38.0 Å². The first-order valence-corrected chi connectivity index (χ1v) is 9.01. The summed E-state index contributed by atoms with van der Waals surface area (Å²) in [5.41, 5.74) is 0.109. The molecule has 3 rings (SSSR count). The third-order valence-corrected chi connectivity index (χ3v) is 5.82. The molecule has 0 bridgehead atoms. The molecule has 1 heterocycles. The van der Waals surface area contributed by atoms with Gasteiger partial charge < -0.3 is 9.52 Å². The zero-order chi connectivity index (χ0) is 16.8. The van der Waals surface area contributed by atoms with Crippen molar-refractivity contribution in [3.63, 3.8) is 0 Å². The van der Waals surface area contributed by atoms with Crippen LogP contribution in [0.25, 0.3) is 11.0 Å². The highest BCUT2D eigenvalue weighted by molar-refractivity contribution is 7.89. The van der Waals surface area contributed by atoms with E-state index in [1.807, 2.05) is 0 Å². The number of benzene rings is 1. The van der Waals surface area contributed by atoms with E-state index in [1.54, 1.807) is 6.07 Å². The van der Waals surface area contributed by atoms with E-state index in [1.165, 1.54) is 26.0 Å². The highest BCUT2D eigenvalue weighted by Crippen LogP contribution is 2.33. The van der Waals surface area contributed by atoms with Gasteiger partial charge in [0.1, 0.15) is 16.9 Å². The Morgan fingerprint density at radius 1 is 1.26 bits per heavy atom. The number of aryl methyl sites for hydroxylation is 2. The predicted molar refractivity (Wildman–Crippen MR) is 84.9 cm³/mol. The maximum absolute atomic E-state index is 12.4. The fourth-order valence-corrected chi connectivity index (χ4v) is 4.24. The summed E-state index contributed by atoms with van der Waals surface area (Å²) >= 11 is 0. The monoisotopic (exact) mass is 337 g/mol. The van der Waals surface area contributed by atoms with E-state index in [9.17, 15) is 13.2 Å². The lowest BCUT2D eigenvalue weighted by Crippen LogP contribution is -2.49. The summed E-state index contributed by atoms with van der Waals surface area (Å²) in [6, 6.07) is 4.70. The topological polar surface area (TPSA) is 96.6 Å². The number of carboxylic acid groups (broad SMARTS) is 1. The zero-order valence-corrected chi connectivity index (χ0v) is 13.9. The second-order valence-corrected chi connectivity index (χ2v) is 8.09. The third kappa shape index (κ3) is 2.86. The number of sulfonamides is 1. The Labute approximate surface area is 134 Å². The van der Waals surface area contributed by atoms with Gasteiger partial charge >= 0.3 is 5.97 Å². The lowest BCUT2D eigenvalue weighted by Gasteiger charge is -2.20. The standard InChI is InChI=1S/C16H19NO5S/c1-16(2,15(18)19)17-23(20,21)10-7-8-12-11-5-3-4-6-13(11)22-14(12)9-10/h7-9,17H,3-6H2,1-2H3,(H,18,19). The summed E-state index contributed by atoms with van der Waals surface area (Å²) < 4.78 is 32.8. The highest BCUT2D eigenvalue weighted by Gasteiger charge is 2.33. The first-order chi connectivity index (χ1) is 10.7. The molecular formula is C16H19NO5S. The summed E-state index contributed by atoms with van der Waals surface area (Å²) in [6.45, 7) is 2.61. The second-order valence-electron chi connectivity index (χ2n) is 6.40. The normalized spacial score (nSPS) is 15.6. The average molecular weight is 337 g/mol. The number of hydrogen-bond donors (Lipinski definition) is 2. The van der Waals surface area contributed by atoms with E-state index in [-0.39, 0.29) is 4.90 Å². The van der Waals surface area contributed by atoms with Gasteiger partial charge in [-0.1, -0.05) is 0 Å². The van der Waals surface area contributed by atoms with Crippen molar-refractivity contribution in [2.45, 2.75) is 50.0 Å². The van der Waals surface area contributed by atoms with Gasteiger partial charge in [-0.05, 0) is 45.2 Å². The van der Waals surface area contributed by atoms with Crippen LogP contribution in [0.4, 0.5) is 0 Å². The molecule has 1 aliphatic rings. The molecule has 2 aromatic rings. The summed E-state index contributed by atoms with van der Waals surface area (Å²) in [5.74, 6) is -0.310. The minimum absolute atomic E-state index is 0.00502. The summed E-state index contributed by atoms with van der Waals surface area (Å²) in [5, 5.41) is 10.0. The van der Waals surface area contributed by atoms with Crippen LogP contribution in [0.15, 0.2) is 27.5 Å². The average Bonchev–Trinajstić information content (AvgIpc) is 2.83. The first-order valence-electron chi connectivity index (χ1n) is 7.52. The molecule has 0 saturated heterocycles. The van der Waals surface area contributed by atoms with Crippen LogP contribution in [-0.4, -0.2) is 25.0 Å². The predicted octanol–water partition coefficient (Wildman–Crippen LogP) is 2.45. The van der Waals surface area contributed by atoms with Gasteiger partial charge in [-0.25, -0.2) is 8.42 Å². The summed E-state index contributed by atoms with van der Waals surface area (Å²) in [6.07, 6.45) is 4.00. The molecule has 0 spiro atoms. The molecule has 0 fully saturated rings. The first kappa shape index (κ1) is 16.0. The van der Waals surface area contributed by atoms with Gasteiger partial charge in [0.25, 0.3) is 0 Å². The maximum Gasteiger partial charge on any atom is 0.324 e. The van der Waals surface area contributed by atoms with Crippen LogP contribution in [0, 0.1) is 0 Å². The van der Waals surface area contributed by atoms with E-state index in [2.05, 4.69) is 4.72 Å². The Balaban J connectivity index is 2.01. The van der Waals surface area contributed by atoms with Crippen molar-refractivity contribution in [3.8, 4) is 0 Å². The van der Waals surface area contributed by atoms with Crippen LogP contribution in [0.5, 0.6) is 0 Å². The molecule has 0 aliphatic heterocycles. The van der Waals surface area contributed by atoms with Crippen LogP contribution in [0.3, 0.4) is 0 Å². The Kier molecular flexibility index (Phi) is 3.72. The van der Waals surface area contributed by atoms with Crippen molar-refractivity contribution in [3.05, 3.63) is 29.5 Å². The van der Waals surface area contributed by atoms with E-state index in [0.717, 1.165) is 42.4 Å². The number of carboxylic acids is 1. The van der Waals surface area contributed by atoms with Crippen molar-refractivity contribution in [1.29, 1.82) is 0 Å². The van der Waals surface area contributed by atoms with E-state index < -0.39 is 21.5 Å². The van der Waals surface area contributed by atoms with Crippen molar-refractivity contribution >= 4 is 27.0 Å². The molecule has 0 atom stereocenters. The van der Waals surface area contributed by atoms with E-state index >= 15 is 0 Å². The number of rotatable bonds is 4. The van der Waals surface area contributed by atoms with Crippen molar-refractivity contribution in [2.24, 2.45) is 0 Å². The zero-order valence-electron chi connectivity index (χ0n) is 13.0. The number of fused-ring (bicyclic) bond motifs is 3. The largest absolute Gasteiger partial charge is 0.480 e. The highest BCUT2D eigenvalue weighted by atomic mass is 32.2. The molecule has 23 heavy (non-hydrogen) atoms. The minimum Gasteiger partial charge on any atom is -0.480 e. The molecule has 1 aromatic heterocycles.